The van der Waals surface area contributed by atoms with Crippen molar-refractivity contribution in [2.45, 2.75) is 33.1 Å². The van der Waals surface area contributed by atoms with Gasteiger partial charge in [0.25, 0.3) is 0 Å². The molecule has 19 heavy (non-hydrogen) atoms. The standard InChI is InChI=1S/C16H23N3/c1-4-13-6-5-7-14(8-13)19-11-18-10-16(19)15(9-17)12(2)3/h5-8,10-12,15H,4,9,17H2,1-3H3. The van der Waals surface area contributed by atoms with E-state index in [0.29, 0.717) is 18.4 Å². The largest absolute Gasteiger partial charge is 0.330 e. The van der Waals surface area contributed by atoms with Gasteiger partial charge in [-0.25, -0.2) is 4.98 Å². The summed E-state index contributed by atoms with van der Waals surface area (Å²) < 4.78 is 2.16. The molecule has 3 heteroatoms. The zero-order chi connectivity index (χ0) is 13.8. The van der Waals surface area contributed by atoms with E-state index in [-0.39, 0.29) is 0 Å². The van der Waals surface area contributed by atoms with E-state index in [1.807, 2.05) is 12.5 Å². The van der Waals surface area contributed by atoms with Gasteiger partial charge in [0, 0.05) is 30.0 Å². The predicted octanol–water partition coefficient (Wildman–Crippen LogP) is 3.13. The lowest BCUT2D eigenvalue weighted by Crippen LogP contribution is -2.20. The normalized spacial score (nSPS) is 12.9. The second kappa shape index (κ2) is 6.02. The molecule has 102 valence electrons. The van der Waals surface area contributed by atoms with Gasteiger partial charge in [-0.1, -0.05) is 32.9 Å². The summed E-state index contributed by atoms with van der Waals surface area (Å²) in [5.41, 5.74) is 9.64. The molecule has 2 N–H and O–H groups in total. The third-order valence-corrected chi connectivity index (χ3v) is 3.70. The van der Waals surface area contributed by atoms with Crippen LogP contribution in [0.25, 0.3) is 5.69 Å². The summed E-state index contributed by atoms with van der Waals surface area (Å²) in [6.07, 6.45) is 4.87. The number of benzene rings is 1. The summed E-state index contributed by atoms with van der Waals surface area (Å²) in [7, 11) is 0. The molecule has 0 saturated heterocycles. The molecule has 1 atom stereocenters. The lowest BCUT2D eigenvalue weighted by molar-refractivity contribution is 0.490. The van der Waals surface area contributed by atoms with E-state index < -0.39 is 0 Å². The third kappa shape index (κ3) is 2.87. The highest BCUT2D eigenvalue weighted by molar-refractivity contribution is 5.38. The Labute approximate surface area is 115 Å². The number of hydrogen-bond acceptors (Lipinski definition) is 2. The van der Waals surface area contributed by atoms with Crippen molar-refractivity contribution >= 4 is 0 Å². The van der Waals surface area contributed by atoms with Gasteiger partial charge in [0.15, 0.2) is 0 Å². The fraction of sp³-hybridized carbons (Fsp3) is 0.438. The molecule has 0 fully saturated rings. The Bertz CT molecular complexity index is 528. The molecule has 0 saturated carbocycles. The molecule has 0 aliphatic heterocycles. The topological polar surface area (TPSA) is 43.8 Å². The van der Waals surface area contributed by atoms with Crippen molar-refractivity contribution in [2.75, 3.05) is 6.54 Å². The van der Waals surface area contributed by atoms with Crippen molar-refractivity contribution in [2.24, 2.45) is 11.7 Å². The average molecular weight is 257 g/mol. The maximum Gasteiger partial charge on any atom is 0.0994 e. The molecule has 1 heterocycles. The number of aromatic nitrogens is 2. The van der Waals surface area contributed by atoms with Crippen LogP contribution in [-0.2, 0) is 6.42 Å². The Morgan fingerprint density at radius 3 is 2.74 bits per heavy atom. The maximum atomic E-state index is 5.93. The van der Waals surface area contributed by atoms with Gasteiger partial charge in [-0.3, -0.25) is 0 Å². The van der Waals surface area contributed by atoms with Crippen LogP contribution < -0.4 is 5.73 Å². The minimum Gasteiger partial charge on any atom is -0.330 e. The fourth-order valence-electron chi connectivity index (χ4n) is 2.46. The summed E-state index contributed by atoms with van der Waals surface area (Å²) in [6.45, 7) is 7.23. The van der Waals surface area contributed by atoms with E-state index in [2.05, 4.69) is 54.6 Å². The number of aryl methyl sites for hydroxylation is 1. The second-order valence-corrected chi connectivity index (χ2v) is 5.30. The molecule has 1 aromatic heterocycles. The van der Waals surface area contributed by atoms with Crippen LogP contribution >= 0.6 is 0 Å². The molecular formula is C16H23N3. The minimum atomic E-state index is 0.341. The summed E-state index contributed by atoms with van der Waals surface area (Å²) in [5.74, 6) is 0.850. The first-order chi connectivity index (χ1) is 9.17. The van der Waals surface area contributed by atoms with Crippen LogP contribution in [0.15, 0.2) is 36.8 Å². The lowest BCUT2D eigenvalue weighted by Gasteiger charge is -2.20. The van der Waals surface area contributed by atoms with Gasteiger partial charge in [0.1, 0.15) is 0 Å². The highest BCUT2D eigenvalue weighted by Gasteiger charge is 2.18. The summed E-state index contributed by atoms with van der Waals surface area (Å²) in [4.78, 5) is 4.31. The average Bonchev–Trinajstić information content (AvgIpc) is 2.88. The van der Waals surface area contributed by atoms with Crippen molar-refractivity contribution in [3.63, 3.8) is 0 Å². The Balaban J connectivity index is 2.43. The predicted molar refractivity (Wildman–Crippen MR) is 79.6 cm³/mol. The zero-order valence-corrected chi connectivity index (χ0v) is 12.0. The van der Waals surface area contributed by atoms with Crippen LogP contribution in [0.4, 0.5) is 0 Å². The van der Waals surface area contributed by atoms with Crippen molar-refractivity contribution in [1.82, 2.24) is 9.55 Å². The quantitative estimate of drug-likeness (QED) is 0.894. The van der Waals surface area contributed by atoms with Crippen LogP contribution in [0.1, 0.15) is 37.9 Å². The third-order valence-electron chi connectivity index (χ3n) is 3.70. The first-order valence-electron chi connectivity index (χ1n) is 6.99. The summed E-state index contributed by atoms with van der Waals surface area (Å²) in [6, 6.07) is 8.60. The number of imidazole rings is 1. The first kappa shape index (κ1) is 13.8. The van der Waals surface area contributed by atoms with Crippen molar-refractivity contribution < 1.29 is 0 Å². The molecule has 0 bridgehead atoms. The number of hydrogen-bond donors (Lipinski definition) is 1. The fourth-order valence-corrected chi connectivity index (χ4v) is 2.46. The number of rotatable bonds is 5. The zero-order valence-electron chi connectivity index (χ0n) is 12.0. The molecular weight excluding hydrogens is 234 g/mol. The van der Waals surface area contributed by atoms with Crippen molar-refractivity contribution in [3.8, 4) is 5.69 Å². The highest BCUT2D eigenvalue weighted by atomic mass is 15.1. The van der Waals surface area contributed by atoms with E-state index in [1.165, 1.54) is 16.9 Å². The Kier molecular flexibility index (Phi) is 4.38. The molecule has 0 aliphatic carbocycles. The van der Waals surface area contributed by atoms with E-state index in [1.54, 1.807) is 0 Å². The molecule has 1 aromatic carbocycles. The Morgan fingerprint density at radius 2 is 2.11 bits per heavy atom. The SMILES string of the molecule is CCc1cccc(-n2cncc2C(CN)C(C)C)c1. The molecule has 0 radical (unpaired) electrons. The lowest BCUT2D eigenvalue weighted by atomic mass is 9.93. The summed E-state index contributed by atoms with van der Waals surface area (Å²) >= 11 is 0. The number of nitrogens with zero attached hydrogens (tertiary/aromatic N) is 2. The van der Waals surface area contributed by atoms with Crippen LogP contribution in [-0.4, -0.2) is 16.1 Å². The molecule has 0 amide bonds. The molecule has 0 spiro atoms. The monoisotopic (exact) mass is 257 g/mol. The molecule has 2 rings (SSSR count). The van der Waals surface area contributed by atoms with E-state index in [9.17, 15) is 0 Å². The molecule has 3 nitrogen and oxygen atoms in total. The molecule has 1 unspecified atom stereocenters. The maximum absolute atomic E-state index is 5.93. The smallest absolute Gasteiger partial charge is 0.0994 e. The van der Waals surface area contributed by atoms with Crippen LogP contribution in [0, 0.1) is 5.92 Å². The summed E-state index contributed by atoms with van der Waals surface area (Å²) in [5, 5.41) is 0. The Hall–Kier alpha value is -1.61. The minimum absolute atomic E-state index is 0.341. The van der Waals surface area contributed by atoms with E-state index >= 15 is 0 Å². The van der Waals surface area contributed by atoms with E-state index in [0.717, 1.165) is 6.42 Å². The van der Waals surface area contributed by atoms with Crippen molar-refractivity contribution in [3.05, 3.63) is 48.0 Å². The highest BCUT2D eigenvalue weighted by Crippen LogP contribution is 2.25. The Morgan fingerprint density at radius 1 is 1.32 bits per heavy atom. The van der Waals surface area contributed by atoms with Gasteiger partial charge in [0.05, 0.1) is 6.33 Å². The van der Waals surface area contributed by atoms with E-state index in [4.69, 9.17) is 5.73 Å². The van der Waals surface area contributed by atoms with Gasteiger partial charge in [-0.15, -0.1) is 0 Å². The van der Waals surface area contributed by atoms with Crippen LogP contribution in [0.2, 0.25) is 0 Å². The second-order valence-electron chi connectivity index (χ2n) is 5.30. The van der Waals surface area contributed by atoms with Gasteiger partial charge in [0.2, 0.25) is 0 Å². The van der Waals surface area contributed by atoms with Crippen LogP contribution in [0.5, 0.6) is 0 Å². The van der Waals surface area contributed by atoms with Gasteiger partial charge < -0.3 is 10.3 Å². The first-order valence-corrected chi connectivity index (χ1v) is 6.99. The van der Waals surface area contributed by atoms with Crippen LogP contribution in [0.3, 0.4) is 0 Å². The van der Waals surface area contributed by atoms with Crippen molar-refractivity contribution in [1.29, 1.82) is 0 Å². The number of nitrogens with two attached hydrogens (primary N) is 1. The van der Waals surface area contributed by atoms with Gasteiger partial charge in [-0.2, -0.15) is 0 Å². The van der Waals surface area contributed by atoms with Gasteiger partial charge >= 0.3 is 0 Å². The van der Waals surface area contributed by atoms with Gasteiger partial charge in [-0.05, 0) is 30.0 Å². The molecule has 0 aliphatic rings. The molecule has 2 aromatic rings.